The average Bonchev–Trinajstić information content (AvgIpc) is 2.38. The van der Waals surface area contributed by atoms with Gasteiger partial charge < -0.3 is 10.1 Å². The molecule has 1 aromatic rings. The van der Waals surface area contributed by atoms with E-state index in [1.807, 2.05) is 32.0 Å². The minimum atomic E-state index is 0.0687. The molecule has 0 heterocycles. The number of ether oxygens (including phenoxy) is 1. The van der Waals surface area contributed by atoms with E-state index in [9.17, 15) is 4.79 Å². The van der Waals surface area contributed by atoms with Crippen molar-refractivity contribution in [3.05, 3.63) is 29.8 Å². The molecule has 1 rings (SSSR count). The Bertz CT molecular complexity index is 375. The SMILES string of the molecule is COc1ccccc1CCCCNC(=O)C(C)C. The molecule has 0 radical (unpaired) electrons. The molecule has 3 nitrogen and oxygen atoms in total. The van der Waals surface area contributed by atoms with Crippen LogP contribution in [0.1, 0.15) is 32.3 Å². The third-order valence-electron chi connectivity index (χ3n) is 2.89. The van der Waals surface area contributed by atoms with E-state index in [-0.39, 0.29) is 11.8 Å². The van der Waals surface area contributed by atoms with E-state index in [1.165, 1.54) is 5.56 Å². The van der Waals surface area contributed by atoms with Gasteiger partial charge in [0.05, 0.1) is 7.11 Å². The lowest BCUT2D eigenvalue weighted by Crippen LogP contribution is -2.28. The fourth-order valence-electron chi connectivity index (χ4n) is 1.77. The predicted molar refractivity (Wildman–Crippen MR) is 73.8 cm³/mol. The second-order valence-electron chi connectivity index (χ2n) is 4.71. The molecular formula is C15H23NO2. The maximum absolute atomic E-state index is 11.3. The van der Waals surface area contributed by atoms with Crippen LogP contribution in [-0.2, 0) is 11.2 Å². The molecule has 0 saturated heterocycles. The third kappa shape index (κ3) is 4.78. The number of para-hydroxylation sites is 1. The van der Waals surface area contributed by atoms with Gasteiger partial charge in [0.25, 0.3) is 0 Å². The Morgan fingerprint density at radius 2 is 2.00 bits per heavy atom. The summed E-state index contributed by atoms with van der Waals surface area (Å²) >= 11 is 0. The van der Waals surface area contributed by atoms with Gasteiger partial charge in [-0.15, -0.1) is 0 Å². The summed E-state index contributed by atoms with van der Waals surface area (Å²) in [7, 11) is 1.70. The second kappa shape index (κ2) is 7.75. The van der Waals surface area contributed by atoms with Crippen LogP contribution in [0, 0.1) is 5.92 Å². The van der Waals surface area contributed by atoms with Crippen LogP contribution in [0.3, 0.4) is 0 Å². The molecule has 0 spiro atoms. The standard InChI is InChI=1S/C15H23NO2/c1-12(2)15(17)16-11-7-6-9-13-8-4-5-10-14(13)18-3/h4-5,8,10,12H,6-7,9,11H2,1-3H3,(H,16,17). The number of hydrogen-bond acceptors (Lipinski definition) is 2. The summed E-state index contributed by atoms with van der Waals surface area (Å²) in [6.07, 6.45) is 3.04. The van der Waals surface area contributed by atoms with Crippen molar-refractivity contribution in [2.24, 2.45) is 5.92 Å². The smallest absolute Gasteiger partial charge is 0.222 e. The Kier molecular flexibility index (Phi) is 6.26. The number of nitrogens with one attached hydrogen (secondary N) is 1. The number of rotatable bonds is 7. The van der Waals surface area contributed by atoms with Crippen LogP contribution in [0.15, 0.2) is 24.3 Å². The Labute approximate surface area is 110 Å². The number of benzene rings is 1. The minimum absolute atomic E-state index is 0.0687. The van der Waals surface area contributed by atoms with Crippen LogP contribution in [-0.4, -0.2) is 19.6 Å². The summed E-state index contributed by atoms with van der Waals surface area (Å²) in [6, 6.07) is 8.07. The first-order valence-electron chi connectivity index (χ1n) is 6.54. The van der Waals surface area contributed by atoms with Gasteiger partial charge in [-0.05, 0) is 30.9 Å². The van der Waals surface area contributed by atoms with Crippen LogP contribution in [0.2, 0.25) is 0 Å². The lowest BCUT2D eigenvalue weighted by Gasteiger charge is -2.09. The van der Waals surface area contributed by atoms with Gasteiger partial charge in [-0.3, -0.25) is 4.79 Å². The Morgan fingerprint density at radius 1 is 1.28 bits per heavy atom. The maximum atomic E-state index is 11.3. The van der Waals surface area contributed by atoms with Gasteiger partial charge in [-0.25, -0.2) is 0 Å². The largest absolute Gasteiger partial charge is 0.496 e. The summed E-state index contributed by atoms with van der Waals surface area (Å²) in [5.74, 6) is 1.15. The molecule has 0 atom stereocenters. The van der Waals surface area contributed by atoms with Gasteiger partial charge in [0.1, 0.15) is 5.75 Å². The number of amides is 1. The lowest BCUT2D eigenvalue weighted by atomic mass is 10.1. The highest BCUT2D eigenvalue weighted by molar-refractivity contribution is 5.77. The van der Waals surface area contributed by atoms with Crippen LogP contribution in [0.5, 0.6) is 5.75 Å². The number of methoxy groups -OCH3 is 1. The van der Waals surface area contributed by atoms with Crippen molar-refractivity contribution < 1.29 is 9.53 Å². The molecule has 1 N–H and O–H groups in total. The van der Waals surface area contributed by atoms with Crippen molar-refractivity contribution in [2.75, 3.05) is 13.7 Å². The third-order valence-corrected chi connectivity index (χ3v) is 2.89. The van der Waals surface area contributed by atoms with E-state index in [1.54, 1.807) is 7.11 Å². The summed E-state index contributed by atoms with van der Waals surface area (Å²) in [6.45, 7) is 4.57. The molecule has 0 aliphatic rings. The van der Waals surface area contributed by atoms with E-state index in [4.69, 9.17) is 4.74 Å². The summed E-state index contributed by atoms with van der Waals surface area (Å²) < 4.78 is 5.30. The quantitative estimate of drug-likeness (QED) is 0.755. The van der Waals surface area contributed by atoms with Crippen molar-refractivity contribution >= 4 is 5.91 Å². The Hall–Kier alpha value is -1.51. The van der Waals surface area contributed by atoms with E-state index >= 15 is 0 Å². The van der Waals surface area contributed by atoms with Gasteiger partial charge in [-0.1, -0.05) is 32.0 Å². The highest BCUT2D eigenvalue weighted by Crippen LogP contribution is 2.19. The van der Waals surface area contributed by atoms with E-state index < -0.39 is 0 Å². The minimum Gasteiger partial charge on any atom is -0.496 e. The molecular weight excluding hydrogens is 226 g/mol. The molecule has 0 aliphatic carbocycles. The molecule has 1 amide bonds. The molecule has 0 aromatic heterocycles. The fraction of sp³-hybridized carbons (Fsp3) is 0.533. The van der Waals surface area contributed by atoms with Crippen LogP contribution in [0.4, 0.5) is 0 Å². The zero-order chi connectivity index (χ0) is 13.4. The van der Waals surface area contributed by atoms with Crippen molar-refractivity contribution in [1.29, 1.82) is 0 Å². The number of carbonyl (C=O) groups is 1. The van der Waals surface area contributed by atoms with Crippen molar-refractivity contribution in [1.82, 2.24) is 5.32 Å². The van der Waals surface area contributed by atoms with E-state index in [0.717, 1.165) is 31.6 Å². The first kappa shape index (κ1) is 14.6. The first-order valence-corrected chi connectivity index (χ1v) is 6.54. The molecule has 0 aliphatic heterocycles. The summed E-state index contributed by atoms with van der Waals surface area (Å²) in [5, 5.41) is 2.93. The molecule has 0 saturated carbocycles. The maximum Gasteiger partial charge on any atom is 0.222 e. The zero-order valence-electron chi connectivity index (χ0n) is 11.5. The van der Waals surface area contributed by atoms with Gasteiger partial charge in [0.15, 0.2) is 0 Å². The number of hydrogen-bond donors (Lipinski definition) is 1. The monoisotopic (exact) mass is 249 g/mol. The Balaban J connectivity index is 2.24. The molecule has 100 valence electrons. The highest BCUT2D eigenvalue weighted by atomic mass is 16.5. The molecule has 18 heavy (non-hydrogen) atoms. The first-order chi connectivity index (χ1) is 8.65. The summed E-state index contributed by atoms with van der Waals surface area (Å²) in [4.78, 5) is 11.3. The van der Waals surface area contributed by atoms with Crippen LogP contribution >= 0.6 is 0 Å². The molecule has 0 unspecified atom stereocenters. The fourth-order valence-corrected chi connectivity index (χ4v) is 1.77. The van der Waals surface area contributed by atoms with Gasteiger partial charge in [-0.2, -0.15) is 0 Å². The van der Waals surface area contributed by atoms with Gasteiger partial charge >= 0.3 is 0 Å². The number of carbonyl (C=O) groups excluding carboxylic acids is 1. The van der Waals surface area contributed by atoms with Crippen LogP contribution in [0.25, 0.3) is 0 Å². The van der Waals surface area contributed by atoms with Crippen molar-refractivity contribution in [3.63, 3.8) is 0 Å². The highest BCUT2D eigenvalue weighted by Gasteiger charge is 2.05. The molecule has 3 heteroatoms. The molecule has 0 fully saturated rings. The van der Waals surface area contributed by atoms with Gasteiger partial charge in [0.2, 0.25) is 5.91 Å². The van der Waals surface area contributed by atoms with E-state index in [2.05, 4.69) is 11.4 Å². The average molecular weight is 249 g/mol. The molecule has 0 bridgehead atoms. The van der Waals surface area contributed by atoms with Crippen molar-refractivity contribution in [2.45, 2.75) is 33.1 Å². The van der Waals surface area contributed by atoms with Gasteiger partial charge in [0, 0.05) is 12.5 Å². The summed E-state index contributed by atoms with van der Waals surface area (Å²) in [5.41, 5.74) is 1.23. The topological polar surface area (TPSA) is 38.3 Å². The normalized spacial score (nSPS) is 10.4. The Morgan fingerprint density at radius 3 is 2.67 bits per heavy atom. The lowest BCUT2D eigenvalue weighted by molar-refractivity contribution is -0.123. The number of unbranched alkanes of at least 4 members (excludes halogenated alkanes) is 1. The van der Waals surface area contributed by atoms with E-state index in [0.29, 0.717) is 0 Å². The zero-order valence-corrected chi connectivity index (χ0v) is 11.5. The van der Waals surface area contributed by atoms with Crippen LogP contribution < -0.4 is 10.1 Å². The second-order valence-corrected chi connectivity index (χ2v) is 4.71. The number of aryl methyl sites for hydroxylation is 1. The predicted octanol–water partition coefficient (Wildman–Crippen LogP) is 2.79. The molecule has 1 aromatic carbocycles. The van der Waals surface area contributed by atoms with Crippen molar-refractivity contribution in [3.8, 4) is 5.75 Å².